The molecule has 1 aliphatic heterocycles. The second kappa shape index (κ2) is 12.4. The van der Waals surface area contributed by atoms with Gasteiger partial charge >= 0.3 is 0 Å². The summed E-state index contributed by atoms with van der Waals surface area (Å²) in [6.45, 7) is 6.24. The summed E-state index contributed by atoms with van der Waals surface area (Å²) in [7, 11) is 0. The summed E-state index contributed by atoms with van der Waals surface area (Å²) in [5, 5.41) is 30.6. The summed E-state index contributed by atoms with van der Waals surface area (Å²) in [4.78, 5) is 2.41. The molecule has 0 spiro atoms. The Morgan fingerprint density at radius 2 is 1.39 bits per heavy atom. The van der Waals surface area contributed by atoms with Crippen molar-refractivity contribution >= 4 is 103 Å². The molecule has 2 aromatic heterocycles. The molecule has 41 heavy (non-hydrogen) atoms. The highest BCUT2D eigenvalue weighted by atomic mass is 79.9. The van der Waals surface area contributed by atoms with E-state index >= 15 is 0 Å². The third kappa shape index (κ3) is 6.50. The van der Waals surface area contributed by atoms with Gasteiger partial charge in [-0.05, 0) is 126 Å². The van der Waals surface area contributed by atoms with Crippen molar-refractivity contribution in [1.82, 2.24) is 4.37 Å². The number of halogens is 2. The van der Waals surface area contributed by atoms with E-state index in [9.17, 15) is 0 Å². The molecule has 1 saturated heterocycles. The van der Waals surface area contributed by atoms with Crippen LogP contribution in [-0.2, 0) is 0 Å². The number of hydrogen-bond donors (Lipinski definition) is 0. The van der Waals surface area contributed by atoms with Crippen LogP contribution < -0.4 is 4.90 Å². The van der Waals surface area contributed by atoms with Crippen LogP contribution in [0.4, 0.5) is 37.8 Å². The number of hydrogen-bond acceptors (Lipinski definition) is 10. The molecule has 0 aliphatic carbocycles. The molecule has 1 fully saturated rings. The summed E-state index contributed by atoms with van der Waals surface area (Å²) in [5.41, 5.74) is 5.89. The number of aryl methyl sites for hydroxylation is 2. The summed E-state index contributed by atoms with van der Waals surface area (Å²) < 4.78 is 6.37. The standard InChI is InChI=1S/C29H24Br2N8S2/c1-17-14-21(33-36-26-9-10-27(40-26)39-11-3-4-12-39)6-7-24(17)34-32-20-5-8-25(18(2)13-20)35-37-29-22-15-19(30)16-23(31)28(22)38-41-29/h5-10,13-16H,3-4,11-12H2,1-2H3. The number of fused-ring (bicyclic) bond motifs is 1. The van der Waals surface area contributed by atoms with Gasteiger partial charge in [0.15, 0.2) is 5.00 Å². The van der Waals surface area contributed by atoms with Crippen LogP contribution in [0.3, 0.4) is 0 Å². The predicted molar refractivity (Wildman–Crippen MR) is 176 cm³/mol. The van der Waals surface area contributed by atoms with Gasteiger partial charge in [0.05, 0.1) is 27.8 Å². The molecule has 0 unspecified atom stereocenters. The fraction of sp³-hybridized carbons (Fsp3) is 0.207. The smallest absolute Gasteiger partial charge is 0.166 e. The van der Waals surface area contributed by atoms with Gasteiger partial charge in [0, 0.05) is 27.4 Å². The van der Waals surface area contributed by atoms with Gasteiger partial charge in [0.25, 0.3) is 0 Å². The minimum absolute atomic E-state index is 0.743. The number of aromatic nitrogens is 1. The van der Waals surface area contributed by atoms with Gasteiger partial charge < -0.3 is 4.90 Å². The molecule has 5 aromatic rings. The van der Waals surface area contributed by atoms with Gasteiger partial charge in [-0.2, -0.15) is 14.6 Å². The second-order valence-corrected chi connectivity index (χ2v) is 13.2. The van der Waals surface area contributed by atoms with Crippen LogP contribution >= 0.6 is 54.7 Å². The zero-order valence-electron chi connectivity index (χ0n) is 22.3. The Morgan fingerprint density at radius 3 is 2.07 bits per heavy atom. The van der Waals surface area contributed by atoms with E-state index in [1.54, 1.807) is 11.3 Å². The molecular formula is C29H24Br2N8S2. The van der Waals surface area contributed by atoms with Crippen molar-refractivity contribution in [2.45, 2.75) is 26.7 Å². The molecule has 206 valence electrons. The number of azo groups is 3. The molecule has 0 amide bonds. The van der Waals surface area contributed by atoms with Crippen molar-refractivity contribution in [3.05, 3.63) is 80.7 Å². The lowest BCUT2D eigenvalue weighted by Gasteiger charge is -2.13. The van der Waals surface area contributed by atoms with Crippen LogP contribution in [0.5, 0.6) is 0 Å². The van der Waals surface area contributed by atoms with Gasteiger partial charge in [-0.15, -0.1) is 20.5 Å². The molecule has 0 atom stereocenters. The van der Waals surface area contributed by atoms with Crippen LogP contribution in [0.1, 0.15) is 24.0 Å². The fourth-order valence-corrected chi connectivity index (χ4v) is 7.47. The largest absolute Gasteiger partial charge is 0.363 e. The molecular weight excluding hydrogens is 684 g/mol. The van der Waals surface area contributed by atoms with E-state index in [2.05, 4.69) is 77.9 Å². The predicted octanol–water partition coefficient (Wildman–Crippen LogP) is 12.3. The lowest BCUT2D eigenvalue weighted by molar-refractivity contribution is 0.949. The normalized spacial score (nSPS) is 14.1. The first-order chi connectivity index (χ1) is 19.9. The SMILES string of the molecule is Cc1cc(N=Nc2ccc(N3CCCC3)s2)ccc1N=Nc1ccc(N=Nc2snc3c(Br)cc(Br)cc23)c(C)c1. The first-order valence-electron chi connectivity index (χ1n) is 13.0. The zero-order chi connectivity index (χ0) is 28.3. The van der Waals surface area contributed by atoms with Crippen LogP contribution in [0.15, 0.2) is 100 Å². The summed E-state index contributed by atoms with van der Waals surface area (Å²) in [5.74, 6) is 0. The van der Waals surface area contributed by atoms with Crippen molar-refractivity contribution in [2.24, 2.45) is 30.7 Å². The van der Waals surface area contributed by atoms with Gasteiger partial charge in [0.2, 0.25) is 0 Å². The first kappa shape index (κ1) is 28.0. The Bertz CT molecular complexity index is 1820. The summed E-state index contributed by atoms with van der Waals surface area (Å²) in [6.07, 6.45) is 2.52. The lowest BCUT2D eigenvalue weighted by Crippen LogP contribution is -2.15. The molecule has 8 nitrogen and oxygen atoms in total. The molecule has 0 bridgehead atoms. The zero-order valence-corrected chi connectivity index (χ0v) is 27.1. The highest BCUT2D eigenvalue weighted by Crippen LogP contribution is 2.39. The minimum Gasteiger partial charge on any atom is -0.363 e. The second-order valence-electron chi connectivity index (χ2n) is 9.62. The third-order valence-corrected chi connectivity index (χ3v) is 9.46. The van der Waals surface area contributed by atoms with Crippen molar-refractivity contribution in [3.63, 3.8) is 0 Å². The molecule has 0 radical (unpaired) electrons. The lowest BCUT2D eigenvalue weighted by atomic mass is 10.2. The Balaban J connectivity index is 1.12. The van der Waals surface area contributed by atoms with Gasteiger partial charge in [-0.25, -0.2) is 0 Å². The number of anilines is 1. The topological polar surface area (TPSA) is 90.3 Å². The Labute approximate surface area is 262 Å². The Kier molecular flexibility index (Phi) is 8.42. The average molecular weight is 709 g/mol. The quantitative estimate of drug-likeness (QED) is 0.158. The minimum atomic E-state index is 0.743. The van der Waals surface area contributed by atoms with E-state index in [0.717, 1.165) is 76.8 Å². The van der Waals surface area contributed by atoms with Crippen LogP contribution in [0.25, 0.3) is 10.9 Å². The Morgan fingerprint density at radius 1 is 0.732 bits per heavy atom. The highest BCUT2D eigenvalue weighted by molar-refractivity contribution is 9.11. The van der Waals surface area contributed by atoms with Gasteiger partial charge in [-0.1, -0.05) is 27.3 Å². The monoisotopic (exact) mass is 706 g/mol. The third-order valence-electron chi connectivity index (χ3n) is 6.62. The van der Waals surface area contributed by atoms with Gasteiger partial charge in [0.1, 0.15) is 10.5 Å². The van der Waals surface area contributed by atoms with E-state index in [-0.39, 0.29) is 0 Å². The van der Waals surface area contributed by atoms with Gasteiger partial charge in [-0.3, -0.25) is 0 Å². The summed E-state index contributed by atoms with van der Waals surface area (Å²) >= 11 is 10.1. The number of nitrogens with zero attached hydrogens (tertiary/aromatic N) is 8. The molecule has 0 saturated carbocycles. The Hall–Kier alpha value is -3.19. The van der Waals surface area contributed by atoms with Crippen LogP contribution in [-0.4, -0.2) is 17.5 Å². The van der Waals surface area contributed by atoms with Crippen molar-refractivity contribution in [1.29, 1.82) is 0 Å². The molecule has 1 aliphatic rings. The maximum atomic E-state index is 4.49. The van der Waals surface area contributed by atoms with E-state index < -0.39 is 0 Å². The van der Waals surface area contributed by atoms with E-state index in [1.807, 2.05) is 68.4 Å². The van der Waals surface area contributed by atoms with E-state index in [1.165, 1.54) is 29.4 Å². The molecule has 6 rings (SSSR count). The maximum Gasteiger partial charge on any atom is 0.166 e. The number of rotatable bonds is 7. The van der Waals surface area contributed by atoms with E-state index in [0.29, 0.717) is 0 Å². The van der Waals surface area contributed by atoms with Crippen molar-refractivity contribution < 1.29 is 0 Å². The first-order valence-corrected chi connectivity index (χ1v) is 16.2. The molecule has 12 heteroatoms. The van der Waals surface area contributed by atoms with Crippen LogP contribution in [0.2, 0.25) is 0 Å². The van der Waals surface area contributed by atoms with E-state index in [4.69, 9.17) is 0 Å². The molecule has 3 aromatic carbocycles. The van der Waals surface area contributed by atoms with Crippen LogP contribution in [0, 0.1) is 13.8 Å². The number of thiophene rings is 1. The molecule has 0 N–H and O–H groups in total. The summed E-state index contributed by atoms with van der Waals surface area (Å²) in [6, 6.07) is 19.7. The van der Waals surface area contributed by atoms with Crippen molar-refractivity contribution in [3.8, 4) is 0 Å². The van der Waals surface area contributed by atoms with Crippen molar-refractivity contribution in [2.75, 3.05) is 18.0 Å². The average Bonchev–Trinajstić information content (AvgIpc) is 3.72. The highest BCUT2D eigenvalue weighted by Gasteiger charge is 2.14. The maximum absolute atomic E-state index is 4.49. The molecule has 3 heterocycles. The fourth-order valence-electron chi connectivity index (χ4n) is 4.46. The number of benzene rings is 3.